The highest BCUT2D eigenvalue weighted by atomic mass is 35.5. The summed E-state index contributed by atoms with van der Waals surface area (Å²) in [5.41, 5.74) is 6.70. The number of halogens is 3. The molecule has 2 unspecified atom stereocenters. The van der Waals surface area contributed by atoms with E-state index in [0.29, 0.717) is 40.1 Å². The van der Waals surface area contributed by atoms with Gasteiger partial charge < -0.3 is 10.6 Å². The summed E-state index contributed by atoms with van der Waals surface area (Å²) < 4.78 is 0. The van der Waals surface area contributed by atoms with Crippen molar-refractivity contribution in [2.75, 3.05) is 18.8 Å². The van der Waals surface area contributed by atoms with E-state index in [4.69, 9.17) is 28.9 Å². The van der Waals surface area contributed by atoms with Crippen LogP contribution >= 0.6 is 47.4 Å². The Kier molecular flexibility index (Phi) is 8.36. The van der Waals surface area contributed by atoms with Gasteiger partial charge in [-0.05, 0) is 43.5 Å². The molecule has 0 bridgehead atoms. The Balaban J connectivity index is 0.00000242. The molecule has 2 atom stereocenters. The average Bonchev–Trinajstić information content (AvgIpc) is 2.82. The van der Waals surface area contributed by atoms with Crippen LogP contribution in [0.25, 0.3) is 0 Å². The monoisotopic (exact) mass is 382 g/mol. The van der Waals surface area contributed by atoms with Crippen molar-refractivity contribution >= 4 is 53.3 Å². The first-order valence-electron chi connectivity index (χ1n) is 7.02. The van der Waals surface area contributed by atoms with Crippen molar-refractivity contribution in [1.82, 2.24) is 4.90 Å². The molecule has 0 saturated carbocycles. The van der Waals surface area contributed by atoms with E-state index in [2.05, 4.69) is 6.92 Å². The van der Waals surface area contributed by atoms with E-state index in [1.54, 1.807) is 17.8 Å². The number of carbonyl (C=O) groups is 1. The molecule has 0 aliphatic carbocycles. The lowest BCUT2D eigenvalue weighted by Gasteiger charge is -2.21. The first-order valence-corrected chi connectivity index (χ1v) is 8.93. The van der Waals surface area contributed by atoms with Crippen LogP contribution in [-0.2, 0) is 10.5 Å². The summed E-state index contributed by atoms with van der Waals surface area (Å²) in [4.78, 5) is 14.2. The van der Waals surface area contributed by atoms with Gasteiger partial charge in [-0.2, -0.15) is 0 Å². The molecule has 1 saturated heterocycles. The topological polar surface area (TPSA) is 46.3 Å². The zero-order valence-electron chi connectivity index (χ0n) is 12.4. The SMILES string of the molecule is CC1CC(CN)CN1C(=O)CSCc1ccc(Cl)cc1Cl.Cl. The molecule has 22 heavy (non-hydrogen) atoms. The summed E-state index contributed by atoms with van der Waals surface area (Å²) >= 11 is 13.6. The Labute approximate surface area is 152 Å². The first kappa shape index (κ1) is 19.9. The van der Waals surface area contributed by atoms with Crippen LogP contribution in [0.5, 0.6) is 0 Å². The Morgan fingerprint density at radius 2 is 2.18 bits per heavy atom. The number of nitrogens with zero attached hydrogens (tertiary/aromatic N) is 1. The fourth-order valence-corrected chi connectivity index (χ4v) is 4.10. The third kappa shape index (κ3) is 5.20. The number of nitrogens with two attached hydrogens (primary N) is 1. The van der Waals surface area contributed by atoms with Crippen molar-refractivity contribution in [1.29, 1.82) is 0 Å². The van der Waals surface area contributed by atoms with Gasteiger partial charge in [0.25, 0.3) is 0 Å². The van der Waals surface area contributed by atoms with E-state index in [9.17, 15) is 4.79 Å². The lowest BCUT2D eigenvalue weighted by molar-refractivity contribution is -0.128. The Morgan fingerprint density at radius 1 is 1.45 bits per heavy atom. The van der Waals surface area contributed by atoms with Crippen molar-refractivity contribution < 1.29 is 4.79 Å². The molecule has 1 heterocycles. The van der Waals surface area contributed by atoms with Crippen LogP contribution in [0.3, 0.4) is 0 Å². The summed E-state index contributed by atoms with van der Waals surface area (Å²) in [5.74, 6) is 1.82. The Bertz CT molecular complexity index is 516. The molecule has 1 aliphatic rings. The lowest BCUT2D eigenvalue weighted by Crippen LogP contribution is -2.35. The van der Waals surface area contributed by atoms with Gasteiger partial charge in [0, 0.05) is 28.4 Å². The number of amides is 1. The summed E-state index contributed by atoms with van der Waals surface area (Å²) in [6.07, 6.45) is 1.01. The average molecular weight is 384 g/mol. The molecule has 2 rings (SSSR count). The number of hydrogen-bond donors (Lipinski definition) is 1. The fraction of sp³-hybridized carbons (Fsp3) is 0.533. The number of carbonyl (C=O) groups excluding carboxylic acids is 1. The van der Waals surface area contributed by atoms with Crippen LogP contribution in [0.15, 0.2) is 18.2 Å². The second-order valence-electron chi connectivity index (χ2n) is 5.46. The van der Waals surface area contributed by atoms with Gasteiger partial charge in [-0.1, -0.05) is 29.3 Å². The number of likely N-dealkylation sites (tertiary alicyclic amines) is 1. The second kappa shape index (κ2) is 9.24. The van der Waals surface area contributed by atoms with Crippen molar-refractivity contribution in [2.24, 2.45) is 11.7 Å². The molecule has 1 amide bonds. The van der Waals surface area contributed by atoms with Crippen molar-refractivity contribution in [3.05, 3.63) is 33.8 Å². The van der Waals surface area contributed by atoms with Crippen molar-refractivity contribution in [2.45, 2.75) is 25.1 Å². The third-order valence-electron chi connectivity index (χ3n) is 3.81. The van der Waals surface area contributed by atoms with E-state index >= 15 is 0 Å². The van der Waals surface area contributed by atoms with Crippen molar-refractivity contribution in [3.63, 3.8) is 0 Å². The fourth-order valence-electron chi connectivity index (χ4n) is 2.63. The Morgan fingerprint density at radius 3 is 2.77 bits per heavy atom. The van der Waals surface area contributed by atoms with Crippen LogP contribution in [-0.4, -0.2) is 35.7 Å². The third-order valence-corrected chi connectivity index (χ3v) is 5.37. The molecule has 2 N–H and O–H groups in total. The van der Waals surface area contributed by atoms with Crippen LogP contribution in [0, 0.1) is 5.92 Å². The molecule has 0 radical (unpaired) electrons. The molecular formula is C15H21Cl3N2OS. The zero-order chi connectivity index (χ0) is 15.4. The maximum Gasteiger partial charge on any atom is 0.232 e. The van der Waals surface area contributed by atoms with Gasteiger partial charge in [-0.15, -0.1) is 24.2 Å². The highest BCUT2D eigenvalue weighted by Crippen LogP contribution is 2.26. The highest BCUT2D eigenvalue weighted by Gasteiger charge is 2.31. The largest absolute Gasteiger partial charge is 0.339 e. The molecular weight excluding hydrogens is 363 g/mol. The van der Waals surface area contributed by atoms with E-state index in [-0.39, 0.29) is 18.3 Å². The van der Waals surface area contributed by atoms with E-state index < -0.39 is 0 Å². The molecule has 1 aromatic rings. The number of benzene rings is 1. The minimum Gasteiger partial charge on any atom is -0.339 e. The normalized spacial score (nSPS) is 20.8. The molecule has 124 valence electrons. The van der Waals surface area contributed by atoms with E-state index in [1.165, 1.54) is 0 Å². The molecule has 3 nitrogen and oxygen atoms in total. The summed E-state index contributed by atoms with van der Waals surface area (Å²) in [6.45, 7) is 3.54. The van der Waals surface area contributed by atoms with Crippen molar-refractivity contribution in [3.8, 4) is 0 Å². The van der Waals surface area contributed by atoms with E-state index in [1.807, 2.05) is 17.0 Å². The molecule has 1 aromatic carbocycles. The van der Waals surface area contributed by atoms with Gasteiger partial charge in [0.05, 0.1) is 5.75 Å². The smallest absolute Gasteiger partial charge is 0.232 e. The molecule has 1 fully saturated rings. The molecule has 7 heteroatoms. The standard InChI is InChI=1S/C15H20Cl2N2OS.ClH/c1-10-4-11(6-18)7-19(10)15(20)9-21-8-12-2-3-13(16)5-14(12)17;/h2-3,5,10-11H,4,6-9,18H2,1H3;1H. The van der Waals surface area contributed by atoms with Crippen LogP contribution < -0.4 is 5.73 Å². The maximum atomic E-state index is 12.3. The van der Waals surface area contributed by atoms with Crippen LogP contribution in [0.1, 0.15) is 18.9 Å². The Hall–Kier alpha value is -0.130. The number of hydrogen-bond acceptors (Lipinski definition) is 3. The molecule has 0 spiro atoms. The van der Waals surface area contributed by atoms with Crippen LogP contribution in [0.4, 0.5) is 0 Å². The predicted octanol–water partition coefficient (Wildman–Crippen LogP) is 3.84. The van der Waals surface area contributed by atoms with Gasteiger partial charge in [-0.3, -0.25) is 4.79 Å². The summed E-state index contributed by atoms with van der Waals surface area (Å²) in [6, 6.07) is 5.76. The minimum atomic E-state index is 0. The number of rotatable bonds is 5. The minimum absolute atomic E-state index is 0. The number of thioether (sulfide) groups is 1. The van der Waals surface area contributed by atoms with Gasteiger partial charge >= 0.3 is 0 Å². The van der Waals surface area contributed by atoms with Gasteiger partial charge in [0.2, 0.25) is 5.91 Å². The second-order valence-corrected chi connectivity index (χ2v) is 7.29. The van der Waals surface area contributed by atoms with Crippen LogP contribution in [0.2, 0.25) is 10.0 Å². The van der Waals surface area contributed by atoms with E-state index in [0.717, 1.165) is 18.5 Å². The summed E-state index contributed by atoms with van der Waals surface area (Å²) in [7, 11) is 0. The predicted molar refractivity (Wildman–Crippen MR) is 98.2 cm³/mol. The molecule has 1 aliphatic heterocycles. The van der Waals surface area contributed by atoms with Gasteiger partial charge in [0.15, 0.2) is 0 Å². The maximum absolute atomic E-state index is 12.3. The van der Waals surface area contributed by atoms with Gasteiger partial charge in [0.1, 0.15) is 0 Å². The highest BCUT2D eigenvalue weighted by molar-refractivity contribution is 7.99. The lowest BCUT2D eigenvalue weighted by atomic mass is 10.1. The quantitative estimate of drug-likeness (QED) is 0.840. The van der Waals surface area contributed by atoms with Gasteiger partial charge in [-0.25, -0.2) is 0 Å². The summed E-state index contributed by atoms with van der Waals surface area (Å²) in [5, 5.41) is 1.28. The zero-order valence-corrected chi connectivity index (χ0v) is 15.6. The first-order chi connectivity index (χ1) is 10.0. The molecule has 0 aromatic heterocycles.